The van der Waals surface area contributed by atoms with E-state index < -0.39 is 22.2 Å². The Morgan fingerprint density at radius 3 is 2.35 bits per heavy atom. The number of hydrogen-bond acceptors (Lipinski definition) is 4. The molecule has 3 rings (SSSR count). The Balaban J connectivity index is 1.97. The predicted octanol–water partition coefficient (Wildman–Crippen LogP) is 4.13. The summed E-state index contributed by atoms with van der Waals surface area (Å²) in [5.41, 5.74) is 1.74. The highest BCUT2D eigenvalue weighted by atomic mass is 35.5. The van der Waals surface area contributed by atoms with E-state index in [1.165, 1.54) is 18.2 Å². The van der Waals surface area contributed by atoms with Crippen molar-refractivity contribution in [2.45, 2.75) is 23.8 Å². The summed E-state index contributed by atoms with van der Waals surface area (Å²) in [6.45, 7) is 5.52. The maximum absolute atomic E-state index is 12.9. The molecule has 2 atom stereocenters. The van der Waals surface area contributed by atoms with Gasteiger partial charge in [0.1, 0.15) is 6.10 Å². The molecule has 0 radical (unpaired) electrons. The second kappa shape index (κ2) is 7.13. The van der Waals surface area contributed by atoms with E-state index in [0.717, 1.165) is 15.4 Å². The third-order valence-electron chi connectivity index (χ3n) is 4.34. The van der Waals surface area contributed by atoms with Crippen LogP contribution in [-0.4, -0.2) is 31.5 Å². The number of amides is 1. The fraction of sp³-hybridized carbons (Fsp3) is 0.211. The normalized spacial score (nSPS) is 20.5. The van der Waals surface area contributed by atoms with Crippen molar-refractivity contribution in [3.05, 3.63) is 77.3 Å². The number of rotatable bonds is 4. The summed E-state index contributed by atoms with van der Waals surface area (Å²) in [5.74, 6) is -0.373. The van der Waals surface area contributed by atoms with E-state index in [-0.39, 0.29) is 17.4 Å². The molecule has 5 nitrogen and oxygen atoms in total. The Kier molecular flexibility index (Phi) is 5.07. The maximum atomic E-state index is 12.9. The first-order valence-corrected chi connectivity index (χ1v) is 9.83. The Bertz CT molecular complexity index is 923. The van der Waals surface area contributed by atoms with Crippen LogP contribution < -0.4 is 0 Å². The van der Waals surface area contributed by atoms with Gasteiger partial charge in [0.2, 0.25) is 0 Å². The molecule has 1 aliphatic rings. The molecule has 7 heteroatoms. The Morgan fingerprint density at radius 2 is 1.77 bits per heavy atom. The number of ether oxygens (including phenoxy) is 1. The number of nitrogens with zero attached hydrogens (tertiary/aromatic N) is 1. The first-order chi connectivity index (χ1) is 12.3. The van der Waals surface area contributed by atoms with E-state index in [1.807, 2.05) is 6.92 Å². The van der Waals surface area contributed by atoms with E-state index in [2.05, 4.69) is 6.58 Å². The lowest BCUT2D eigenvalue weighted by Crippen LogP contribution is -2.48. The van der Waals surface area contributed by atoms with Gasteiger partial charge in [-0.15, -0.1) is 0 Å². The molecule has 0 spiro atoms. The van der Waals surface area contributed by atoms with Crippen LogP contribution in [0.25, 0.3) is 0 Å². The lowest BCUT2D eigenvalue weighted by molar-refractivity contribution is 0.0574. The molecule has 0 bridgehead atoms. The molecular formula is C19H18ClNO4S. The SMILES string of the molecule is C=C[C@@H]1OC(=O)N(S(=O)(=O)c2ccc(C)cc2)C[C@H]1c1ccc(Cl)cc1. The van der Waals surface area contributed by atoms with Gasteiger partial charge in [-0.3, -0.25) is 0 Å². The van der Waals surface area contributed by atoms with Crippen LogP contribution in [-0.2, 0) is 14.8 Å². The first-order valence-electron chi connectivity index (χ1n) is 8.01. The summed E-state index contributed by atoms with van der Waals surface area (Å²) in [4.78, 5) is 12.4. The zero-order valence-corrected chi connectivity index (χ0v) is 15.7. The average Bonchev–Trinajstić information content (AvgIpc) is 2.62. The summed E-state index contributed by atoms with van der Waals surface area (Å²) in [7, 11) is -4.01. The largest absolute Gasteiger partial charge is 0.440 e. The predicted molar refractivity (Wildman–Crippen MR) is 99.7 cm³/mol. The standard InChI is InChI=1S/C19H18ClNO4S/c1-3-18-17(14-6-8-15(20)9-7-14)12-21(19(22)25-18)26(23,24)16-10-4-13(2)5-11-16/h3-11,17-18H,1,12H2,2H3/t17-,18-/m0/s1. The van der Waals surface area contributed by atoms with Crippen LogP contribution in [0, 0.1) is 6.92 Å². The van der Waals surface area contributed by atoms with Crippen molar-refractivity contribution in [3.63, 3.8) is 0 Å². The lowest BCUT2D eigenvalue weighted by atomic mass is 9.92. The molecule has 0 aliphatic carbocycles. The summed E-state index contributed by atoms with van der Waals surface area (Å²) < 4.78 is 31.9. The molecule has 2 aromatic rings. The number of carbonyl (C=O) groups is 1. The first kappa shape index (κ1) is 18.5. The zero-order chi connectivity index (χ0) is 18.9. The molecule has 0 saturated carbocycles. The molecule has 1 heterocycles. The topological polar surface area (TPSA) is 63.7 Å². The van der Waals surface area contributed by atoms with Crippen molar-refractivity contribution in [2.24, 2.45) is 0 Å². The van der Waals surface area contributed by atoms with Crippen molar-refractivity contribution < 1.29 is 17.9 Å². The smallest absolute Gasteiger partial charge is 0.424 e. The van der Waals surface area contributed by atoms with E-state index in [4.69, 9.17) is 16.3 Å². The molecule has 0 N–H and O–H groups in total. The highest BCUT2D eigenvalue weighted by Gasteiger charge is 2.41. The van der Waals surface area contributed by atoms with Gasteiger partial charge in [-0.25, -0.2) is 13.2 Å². The average molecular weight is 392 g/mol. The molecule has 2 aromatic carbocycles. The van der Waals surface area contributed by atoms with Gasteiger partial charge in [-0.1, -0.05) is 54.1 Å². The second-order valence-corrected chi connectivity index (χ2v) is 8.39. The fourth-order valence-electron chi connectivity index (χ4n) is 2.87. The van der Waals surface area contributed by atoms with Gasteiger partial charge < -0.3 is 4.74 Å². The van der Waals surface area contributed by atoms with Gasteiger partial charge in [-0.2, -0.15) is 4.31 Å². The Labute approximate surface area is 157 Å². The zero-order valence-electron chi connectivity index (χ0n) is 14.1. The van der Waals surface area contributed by atoms with Gasteiger partial charge in [0.25, 0.3) is 10.0 Å². The van der Waals surface area contributed by atoms with Crippen LogP contribution >= 0.6 is 11.6 Å². The van der Waals surface area contributed by atoms with Crippen molar-refractivity contribution in [3.8, 4) is 0 Å². The summed E-state index contributed by atoms with van der Waals surface area (Å²) >= 11 is 5.93. The number of carbonyl (C=O) groups excluding carboxylic acids is 1. The fourth-order valence-corrected chi connectivity index (χ4v) is 4.32. The molecule has 1 amide bonds. The Morgan fingerprint density at radius 1 is 1.15 bits per heavy atom. The van der Waals surface area contributed by atoms with Crippen molar-refractivity contribution in [1.29, 1.82) is 0 Å². The second-order valence-electron chi connectivity index (χ2n) is 6.09. The van der Waals surface area contributed by atoms with E-state index in [9.17, 15) is 13.2 Å². The van der Waals surface area contributed by atoms with E-state index >= 15 is 0 Å². The molecule has 1 fully saturated rings. The van der Waals surface area contributed by atoms with Crippen molar-refractivity contribution >= 4 is 27.7 Å². The van der Waals surface area contributed by atoms with Gasteiger partial charge in [0.05, 0.1) is 11.4 Å². The quantitative estimate of drug-likeness (QED) is 0.735. The third kappa shape index (κ3) is 3.48. The van der Waals surface area contributed by atoms with Gasteiger partial charge in [-0.05, 0) is 36.8 Å². The number of benzene rings is 2. The van der Waals surface area contributed by atoms with Crippen LogP contribution in [0.4, 0.5) is 4.79 Å². The van der Waals surface area contributed by atoms with Gasteiger partial charge >= 0.3 is 6.09 Å². The number of cyclic esters (lactones) is 1. The summed E-state index contributed by atoms with van der Waals surface area (Å²) in [6.07, 6.45) is -0.0126. The van der Waals surface area contributed by atoms with Crippen LogP contribution in [0.1, 0.15) is 17.0 Å². The molecule has 1 saturated heterocycles. The third-order valence-corrected chi connectivity index (χ3v) is 6.34. The van der Waals surface area contributed by atoms with E-state index in [1.54, 1.807) is 36.4 Å². The Hall–Kier alpha value is -2.31. The van der Waals surface area contributed by atoms with Crippen LogP contribution in [0.15, 0.2) is 66.1 Å². The minimum Gasteiger partial charge on any atom is -0.440 e. The number of sulfonamides is 1. The van der Waals surface area contributed by atoms with Crippen molar-refractivity contribution in [2.75, 3.05) is 6.54 Å². The highest BCUT2D eigenvalue weighted by molar-refractivity contribution is 7.89. The van der Waals surface area contributed by atoms with Crippen LogP contribution in [0.3, 0.4) is 0 Å². The monoisotopic (exact) mass is 391 g/mol. The lowest BCUT2D eigenvalue weighted by Gasteiger charge is -2.36. The highest BCUT2D eigenvalue weighted by Crippen LogP contribution is 2.32. The molecular weight excluding hydrogens is 374 g/mol. The number of aryl methyl sites for hydroxylation is 1. The van der Waals surface area contributed by atoms with Crippen molar-refractivity contribution in [1.82, 2.24) is 4.31 Å². The number of hydrogen-bond donors (Lipinski definition) is 0. The van der Waals surface area contributed by atoms with Crippen LogP contribution in [0.2, 0.25) is 5.02 Å². The number of halogens is 1. The van der Waals surface area contributed by atoms with E-state index in [0.29, 0.717) is 5.02 Å². The summed E-state index contributed by atoms with van der Waals surface area (Å²) in [5, 5.41) is 0.570. The molecule has 1 aliphatic heterocycles. The summed E-state index contributed by atoms with van der Waals surface area (Å²) in [6, 6.07) is 13.3. The minimum absolute atomic E-state index is 0.0344. The van der Waals surface area contributed by atoms with Gasteiger partial charge in [0.15, 0.2) is 0 Å². The molecule has 0 unspecified atom stereocenters. The molecule has 136 valence electrons. The molecule has 26 heavy (non-hydrogen) atoms. The maximum Gasteiger partial charge on any atom is 0.424 e. The van der Waals surface area contributed by atoms with Crippen LogP contribution in [0.5, 0.6) is 0 Å². The van der Waals surface area contributed by atoms with Gasteiger partial charge in [0, 0.05) is 10.9 Å². The minimum atomic E-state index is -4.01. The molecule has 0 aromatic heterocycles.